The Morgan fingerprint density at radius 1 is 1.19 bits per heavy atom. The normalized spacial score (nSPS) is 11.3. The minimum atomic E-state index is -3.43. The molecule has 3 rings (SSSR count). The van der Waals surface area contributed by atoms with Gasteiger partial charge in [0.05, 0.1) is 22.8 Å². The molecular weight excluding hydrogens is 434 g/mol. The van der Waals surface area contributed by atoms with Crippen LogP contribution in [0.4, 0.5) is 5.69 Å². The summed E-state index contributed by atoms with van der Waals surface area (Å²) in [4.78, 5) is 13.6. The second kappa shape index (κ2) is 10.4. The average molecular weight is 458 g/mol. The van der Waals surface area contributed by atoms with Crippen LogP contribution in [0.5, 0.6) is 0 Å². The molecule has 0 bridgehead atoms. The van der Waals surface area contributed by atoms with Crippen LogP contribution in [0.1, 0.15) is 27.4 Å². The fourth-order valence-corrected chi connectivity index (χ4v) is 4.78. The number of hydrogen-bond acceptors (Lipinski definition) is 6. The molecule has 0 aliphatic heterocycles. The number of carbonyl (C=O) groups is 1. The molecule has 0 unspecified atom stereocenters. The Bertz CT molecular complexity index is 1160. The maximum Gasteiger partial charge on any atom is 0.256 e. The van der Waals surface area contributed by atoms with Gasteiger partial charge in [0.1, 0.15) is 5.76 Å². The predicted molar refractivity (Wildman–Crippen MR) is 122 cm³/mol. The van der Waals surface area contributed by atoms with E-state index in [1.807, 2.05) is 31.2 Å². The highest BCUT2D eigenvalue weighted by molar-refractivity contribution is 7.98. The molecule has 0 aliphatic carbocycles. The minimum Gasteiger partial charge on any atom is -0.360 e. The van der Waals surface area contributed by atoms with Crippen LogP contribution in [-0.4, -0.2) is 26.0 Å². The quantitative estimate of drug-likeness (QED) is 0.351. The van der Waals surface area contributed by atoms with Crippen molar-refractivity contribution in [3.63, 3.8) is 0 Å². The van der Waals surface area contributed by atoms with Gasteiger partial charge in [0.15, 0.2) is 0 Å². The molecule has 1 heterocycles. The van der Waals surface area contributed by atoms with E-state index < -0.39 is 10.0 Å². The van der Waals surface area contributed by atoms with Gasteiger partial charge in [-0.25, -0.2) is 13.1 Å². The lowest BCUT2D eigenvalue weighted by Crippen LogP contribution is -2.25. The molecule has 3 aromatic rings. The van der Waals surface area contributed by atoms with Crippen LogP contribution in [0.25, 0.3) is 0 Å². The van der Waals surface area contributed by atoms with Crippen LogP contribution >= 0.6 is 11.8 Å². The standard InChI is InChI=1S/C22H23N3O4S2/c1-3-12-23-31(27,28)15-17-8-10-18(11-9-17)24-22(26)20-6-4-5-7-21(20)30-14-19-13-16(2)25-29-19/h3-11,13,23H,1,12,14-15H2,2H3,(H,24,26). The smallest absolute Gasteiger partial charge is 0.256 e. The number of benzene rings is 2. The van der Waals surface area contributed by atoms with E-state index in [1.54, 1.807) is 30.3 Å². The highest BCUT2D eigenvalue weighted by Crippen LogP contribution is 2.27. The molecule has 1 amide bonds. The Kier molecular flexibility index (Phi) is 7.67. The first-order valence-electron chi connectivity index (χ1n) is 9.49. The number of sulfonamides is 1. The molecule has 9 heteroatoms. The van der Waals surface area contributed by atoms with Crippen LogP contribution in [0.15, 0.2) is 76.7 Å². The molecule has 31 heavy (non-hydrogen) atoms. The first-order valence-corrected chi connectivity index (χ1v) is 12.1. The summed E-state index contributed by atoms with van der Waals surface area (Å²) in [6.45, 7) is 5.54. The second-order valence-electron chi connectivity index (χ2n) is 6.77. The van der Waals surface area contributed by atoms with Crippen molar-refractivity contribution in [2.75, 3.05) is 11.9 Å². The maximum absolute atomic E-state index is 12.8. The number of aryl methyl sites for hydroxylation is 1. The van der Waals surface area contributed by atoms with Gasteiger partial charge in [0.25, 0.3) is 5.91 Å². The summed E-state index contributed by atoms with van der Waals surface area (Å²) in [6, 6.07) is 15.9. The molecule has 162 valence electrons. The van der Waals surface area contributed by atoms with Gasteiger partial charge in [-0.05, 0) is 36.8 Å². The van der Waals surface area contributed by atoms with Crippen molar-refractivity contribution in [3.05, 3.63) is 89.8 Å². The molecule has 0 saturated heterocycles. The van der Waals surface area contributed by atoms with Crippen molar-refractivity contribution in [2.24, 2.45) is 0 Å². The summed E-state index contributed by atoms with van der Waals surface area (Å²) in [7, 11) is -3.43. The Balaban J connectivity index is 1.64. The molecule has 0 spiro atoms. The second-order valence-corrected chi connectivity index (χ2v) is 9.59. The summed E-state index contributed by atoms with van der Waals surface area (Å²) < 4.78 is 31.6. The Morgan fingerprint density at radius 3 is 2.61 bits per heavy atom. The van der Waals surface area contributed by atoms with Gasteiger partial charge in [-0.15, -0.1) is 18.3 Å². The third-order valence-electron chi connectivity index (χ3n) is 4.19. The van der Waals surface area contributed by atoms with Gasteiger partial charge in [-0.2, -0.15) is 0 Å². The van der Waals surface area contributed by atoms with E-state index in [9.17, 15) is 13.2 Å². The fraction of sp³-hybridized carbons (Fsp3) is 0.182. The Labute approximate surface area is 186 Å². The van der Waals surface area contributed by atoms with E-state index in [0.29, 0.717) is 22.6 Å². The lowest BCUT2D eigenvalue weighted by Gasteiger charge is -2.10. The van der Waals surface area contributed by atoms with E-state index in [0.717, 1.165) is 16.3 Å². The number of aromatic nitrogens is 1. The van der Waals surface area contributed by atoms with Crippen molar-refractivity contribution in [3.8, 4) is 0 Å². The van der Waals surface area contributed by atoms with Gasteiger partial charge in [-0.1, -0.05) is 35.5 Å². The lowest BCUT2D eigenvalue weighted by atomic mass is 10.2. The first kappa shape index (κ1) is 22.8. The largest absolute Gasteiger partial charge is 0.360 e. The lowest BCUT2D eigenvalue weighted by molar-refractivity contribution is 0.102. The highest BCUT2D eigenvalue weighted by atomic mass is 32.2. The molecule has 0 aliphatic rings. The molecule has 1 aromatic heterocycles. The Morgan fingerprint density at radius 2 is 1.94 bits per heavy atom. The van der Waals surface area contributed by atoms with Gasteiger partial charge in [0.2, 0.25) is 10.0 Å². The number of nitrogens with zero attached hydrogens (tertiary/aromatic N) is 1. The SMILES string of the molecule is C=CCNS(=O)(=O)Cc1ccc(NC(=O)c2ccccc2SCc2cc(C)no2)cc1. The van der Waals surface area contributed by atoms with Gasteiger partial charge < -0.3 is 9.84 Å². The minimum absolute atomic E-state index is 0.143. The first-order chi connectivity index (χ1) is 14.9. The Hall–Kier alpha value is -2.88. The van der Waals surface area contributed by atoms with Crippen LogP contribution < -0.4 is 10.0 Å². The number of thioether (sulfide) groups is 1. The van der Waals surface area contributed by atoms with Crippen molar-refractivity contribution in [2.45, 2.75) is 23.3 Å². The third-order valence-corrected chi connectivity index (χ3v) is 6.61. The predicted octanol–water partition coefficient (Wildman–Crippen LogP) is 4.13. The van der Waals surface area contributed by atoms with Crippen molar-refractivity contribution in [1.82, 2.24) is 9.88 Å². The summed E-state index contributed by atoms with van der Waals surface area (Å²) in [6.07, 6.45) is 1.48. The molecule has 0 saturated carbocycles. The average Bonchev–Trinajstić information content (AvgIpc) is 3.17. The summed E-state index contributed by atoms with van der Waals surface area (Å²) in [5, 5.41) is 6.73. The molecule has 2 aromatic carbocycles. The van der Waals surface area contributed by atoms with E-state index in [4.69, 9.17) is 4.52 Å². The number of anilines is 1. The molecule has 0 fully saturated rings. The molecule has 2 N–H and O–H groups in total. The number of carbonyl (C=O) groups excluding carboxylic acids is 1. The third kappa shape index (κ3) is 6.81. The van der Waals surface area contributed by atoms with Gasteiger partial charge >= 0.3 is 0 Å². The number of rotatable bonds is 10. The van der Waals surface area contributed by atoms with E-state index in [-0.39, 0.29) is 18.2 Å². The number of amides is 1. The zero-order chi connectivity index (χ0) is 22.3. The highest BCUT2D eigenvalue weighted by Gasteiger charge is 2.14. The van der Waals surface area contributed by atoms with Crippen LogP contribution in [0.3, 0.4) is 0 Å². The van der Waals surface area contributed by atoms with Gasteiger partial charge in [-0.3, -0.25) is 4.79 Å². The molecular formula is C22H23N3O4S2. The van der Waals surface area contributed by atoms with Crippen LogP contribution in [-0.2, 0) is 21.5 Å². The van der Waals surface area contributed by atoms with E-state index in [2.05, 4.69) is 21.8 Å². The van der Waals surface area contributed by atoms with Crippen molar-refractivity contribution >= 4 is 33.4 Å². The monoisotopic (exact) mass is 457 g/mol. The maximum atomic E-state index is 12.8. The van der Waals surface area contributed by atoms with Gasteiger partial charge in [0, 0.05) is 23.2 Å². The van der Waals surface area contributed by atoms with Crippen LogP contribution in [0.2, 0.25) is 0 Å². The topological polar surface area (TPSA) is 101 Å². The van der Waals surface area contributed by atoms with Crippen molar-refractivity contribution < 1.29 is 17.7 Å². The molecule has 7 nitrogen and oxygen atoms in total. The zero-order valence-electron chi connectivity index (χ0n) is 17.0. The summed E-state index contributed by atoms with van der Waals surface area (Å²) in [5.41, 5.74) is 2.56. The summed E-state index contributed by atoms with van der Waals surface area (Å²) >= 11 is 1.49. The van der Waals surface area contributed by atoms with E-state index >= 15 is 0 Å². The summed E-state index contributed by atoms with van der Waals surface area (Å²) in [5.74, 6) is 0.917. The van der Waals surface area contributed by atoms with Crippen LogP contribution in [0, 0.1) is 6.92 Å². The molecule has 0 radical (unpaired) electrons. The fourth-order valence-electron chi connectivity index (χ4n) is 2.75. The van der Waals surface area contributed by atoms with E-state index in [1.165, 1.54) is 17.8 Å². The number of nitrogens with one attached hydrogen (secondary N) is 2. The number of hydrogen-bond donors (Lipinski definition) is 2. The van der Waals surface area contributed by atoms with Crippen molar-refractivity contribution in [1.29, 1.82) is 0 Å². The molecule has 0 atom stereocenters. The zero-order valence-corrected chi connectivity index (χ0v) is 18.6.